The van der Waals surface area contributed by atoms with Crippen molar-refractivity contribution in [2.45, 2.75) is 32.7 Å². The smallest absolute Gasteiger partial charge is 0.244 e. The Labute approximate surface area is 166 Å². The summed E-state index contributed by atoms with van der Waals surface area (Å²) in [5.74, 6) is -1.01. The van der Waals surface area contributed by atoms with Crippen molar-refractivity contribution >= 4 is 28.9 Å². The van der Waals surface area contributed by atoms with Crippen LogP contribution in [0, 0.1) is 5.82 Å². The molecule has 0 radical (unpaired) electrons. The van der Waals surface area contributed by atoms with Crippen LogP contribution in [0.1, 0.15) is 37.6 Å². The van der Waals surface area contributed by atoms with Crippen molar-refractivity contribution in [1.29, 1.82) is 0 Å². The Kier molecular flexibility index (Phi) is 7.04. The first kappa shape index (κ1) is 21.7. The SMILES string of the molecule is CN(c1ccc(CNC(=O)C=Cc2ccc(C(C)(C)C)nc2)cc1F)S(=O)[O-]. The summed E-state index contributed by atoms with van der Waals surface area (Å²) >= 11 is -2.56. The first-order chi connectivity index (χ1) is 13.1. The van der Waals surface area contributed by atoms with E-state index in [1.807, 2.05) is 12.1 Å². The maximum absolute atomic E-state index is 14.0. The van der Waals surface area contributed by atoms with Gasteiger partial charge in [0.1, 0.15) is 5.82 Å². The molecule has 2 rings (SSSR count). The van der Waals surface area contributed by atoms with Gasteiger partial charge in [0, 0.05) is 48.2 Å². The van der Waals surface area contributed by atoms with Crippen molar-refractivity contribution in [3.05, 3.63) is 65.2 Å². The second kappa shape index (κ2) is 9.07. The highest BCUT2D eigenvalue weighted by molar-refractivity contribution is 7.80. The summed E-state index contributed by atoms with van der Waals surface area (Å²) in [6.07, 6.45) is 4.73. The summed E-state index contributed by atoms with van der Waals surface area (Å²) in [6, 6.07) is 7.92. The van der Waals surface area contributed by atoms with Crippen molar-refractivity contribution in [2.75, 3.05) is 11.4 Å². The number of amides is 1. The summed E-state index contributed by atoms with van der Waals surface area (Å²) in [5.41, 5.74) is 2.18. The van der Waals surface area contributed by atoms with Gasteiger partial charge in [-0.05, 0) is 35.4 Å². The molecular formula is C20H23FN3O3S-. The van der Waals surface area contributed by atoms with Crippen LogP contribution in [0.5, 0.6) is 0 Å². The van der Waals surface area contributed by atoms with Crippen molar-refractivity contribution in [1.82, 2.24) is 10.3 Å². The second-order valence-electron chi connectivity index (χ2n) is 7.28. The number of hydrogen-bond acceptors (Lipinski definition) is 4. The van der Waals surface area contributed by atoms with Crippen LogP contribution < -0.4 is 9.62 Å². The van der Waals surface area contributed by atoms with Crippen molar-refractivity contribution < 1.29 is 17.9 Å². The van der Waals surface area contributed by atoms with Crippen LogP contribution in [-0.2, 0) is 28.0 Å². The summed E-state index contributed by atoms with van der Waals surface area (Å²) < 4.78 is 36.6. The van der Waals surface area contributed by atoms with Crippen molar-refractivity contribution in [2.24, 2.45) is 0 Å². The van der Waals surface area contributed by atoms with Gasteiger partial charge in [0.05, 0.1) is 5.69 Å². The van der Waals surface area contributed by atoms with Crippen LogP contribution in [0.3, 0.4) is 0 Å². The normalized spacial score (nSPS) is 12.8. The van der Waals surface area contributed by atoms with Gasteiger partial charge >= 0.3 is 0 Å². The molecular weight excluding hydrogens is 381 g/mol. The predicted octanol–water partition coefficient (Wildman–Crippen LogP) is 3.08. The fourth-order valence-electron chi connectivity index (χ4n) is 2.36. The van der Waals surface area contributed by atoms with E-state index in [4.69, 9.17) is 0 Å². The minimum absolute atomic E-state index is 0.0397. The Bertz CT molecular complexity index is 893. The van der Waals surface area contributed by atoms with Gasteiger partial charge < -0.3 is 14.2 Å². The van der Waals surface area contributed by atoms with Crippen LogP contribution in [0.4, 0.5) is 10.1 Å². The molecule has 1 aromatic heterocycles. The number of nitrogens with one attached hydrogen (secondary N) is 1. The third-order valence-corrected chi connectivity index (χ3v) is 4.67. The quantitative estimate of drug-likeness (QED) is 0.592. The molecule has 1 amide bonds. The number of benzene rings is 1. The lowest BCUT2D eigenvalue weighted by atomic mass is 9.91. The van der Waals surface area contributed by atoms with E-state index in [0.29, 0.717) is 5.56 Å². The molecule has 0 aliphatic carbocycles. The highest BCUT2D eigenvalue weighted by atomic mass is 32.2. The van der Waals surface area contributed by atoms with Crippen LogP contribution >= 0.6 is 0 Å². The first-order valence-electron chi connectivity index (χ1n) is 8.62. The molecule has 8 heteroatoms. The zero-order valence-electron chi connectivity index (χ0n) is 16.2. The van der Waals surface area contributed by atoms with E-state index >= 15 is 0 Å². The molecule has 150 valence electrons. The van der Waals surface area contributed by atoms with E-state index < -0.39 is 17.1 Å². The van der Waals surface area contributed by atoms with Crippen LogP contribution in [0.2, 0.25) is 0 Å². The third-order valence-electron chi connectivity index (χ3n) is 4.02. The molecule has 0 saturated carbocycles. The van der Waals surface area contributed by atoms with Gasteiger partial charge in [-0.1, -0.05) is 32.9 Å². The standard InChI is InChI=1S/C20H24FN3O3S/c1-20(2,3)18-9-6-14(12-22-18)7-10-19(25)23-13-15-5-8-17(16(21)11-15)24(4)28(26)27/h5-12H,13H2,1-4H3,(H,23,25)(H,26,27)/p-1. The van der Waals surface area contributed by atoms with Crippen LogP contribution in [0.15, 0.2) is 42.6 Å². The number of carbonyl (C=O) groups is 1. The summed E-state index contributed by atoms with van der Waals surface area (Å²) in [4.78, 5) is 16.4. The van der Waals surface area contributed by atoms with Gasteiger partial charge in [0.15, 0.2) is 0 Å². The first-order valence-corrected chi connectivity index (χ1v) is 9.65. The predicted molar refractivity (Wildman–Crippen MR) is 108 cm³/mol. The molecule has 28 heavy (non-hydrogen) atoms. The van der Waals surface area contributed by atoms with Gasteiger partial charge in [-0.3, -0.25) is 14.0 Å². The van der Waals surface area contributed by atoms with E-state index in [2.05, 4.69) is 31.1 Å². The molecule has 0 spiro atoms. The lowest BCUT2D eigenvalue weighted by Gasteiger charge is -2.21. The number of halogens is 1. The second-order valence-corrected chi connectivity index (χ2v) is 8.26. The highest BCUT2D eigenvalue weighted by Crippen LogP contribution is 2.21. The molecule has 2 aromatic rings. The zero-order chi connectivity index (χ0) is 20.9. The van der Waals surface area contributed by atoms with E-state index in [1.54, 1.807) is 18.3 Å². The van der Waals surface area contributed by atoms with E-state index in [1.165, 1.54) is 25.3 Å². The summed E-state index contributed by atoms with van der Waals surface area (Å²) in [7, 11) is 1.25. The molecule has 6 nitrogen and oxygen atoms in total. The fourth-order valence-corrected chi connectivity index (χ4v) is 2.67. The molecule has 0 saturated heterocycles. The average molecular weight is 404 g/mol. The molecule has 1 N–H and O–H groups in total. The number of nitrogens with zero attached hydrogens (tertiary/aromatic N) is 2. The Morgan fingerprint density at radius 1 is 1.32 bits per heavy atom. The molecule has 1 atom stereocenters. The Morgan fingerprint density at radius 3 is 2.57 bits per heavy atom. The number of hydrogen-bond donors (Lipinski definition) is 1. The van der Waals surface area contributed by atoms with Gasteiger partial charge in [-0.15, -0.1) is 0 Å². The number of anilines is 1. The monoisotopic (exact) mass is 404 g/mol. The molecule has 0 aliphatic rings. The maximum atomic E-state index is 14.0. The largest absolute Gasteiger partial charge is 0.755 e. The Balaban J connectivity index is 1.94. The minimum atomic E-state index is -2.56. The summed E-state index contributed by atoms with van der Waals surface area (Å²) in [6.45, 7) is 6.34. The van der Waals surface area contributed by atoms with Gasteiger partial charge in [0.2, 0.25) is 5.91 Å². The fraction of sp³-hybridized carbons (Fsp3) is 0.300. The van der Waals surface area contributed by atoms with Crippen LogP contribution in [0.25, 0.3) is 6.08 Å². The number of aromatic nitrogens is 1. The Morgan fingerprint density at radius 2 is 2.04 bits per heavy atom. The van der Waals surface area contributed by atoms with Gasteiger partial charge in [0.25, 0.3) is 0 Å². The summed E-state index contributed by atoms with van der Waals surface area (Å²) in [5, 5.41) is 2.66. The molecule has 1 unspecified atom stereocenters. The number of pyridine rings is 1. The van der Waals surface area contributed by atoms with Crippen molar-refractivity contribution in [3.8, 4) is 0 Å². The van der Waals surface area contributed by atoms with E-state index in [9.17, 15) is 17.9 Å². The lowest BCUT2D eigenvalue weighted by molar-refractivity contribution is -0.116. The zero-order valence-corrected chi connectivity index (χ0v) is 17.0. The molecule has 1 aromatic carbocycles. The number of rotatable bonds is 6. The molecule has 0 fully saturated rings. The highest BCUT2D eigenvalue weighted by Gasteiger charge is 2.14. The molecule has 0 aliphatic heterocycles. The van der Waals surface area contributed by atoms with E-state index in [0.717, 1.165) is 15.6 Å². The maximum Gasteiger partial charge on any atom is 0.244 e. The minimum Gasteiger partial charge on any atom is -0.755 e. The van der Waals surface area contributed by atoms with Gasteiger partial charge in [-0.2, -0.15) is 0 Å². The lowest BCUT2D eigenvalue weighted by Crippen LogP contribution is -2.22. The van der Waals surface area contributed by atoms with Crippen molar-refractivity contribution in [3.63, 3.8) is 0 Å². The topological polar surface area (TPSA) is 85.4 Å². The molecule has 0 bridgehead atoms. The molecule has 1 heterocycles. The van der Waals surface area contributed by atoms with Crippen LogP contribution in [-0.4, -0.2) is 26.7 Å². The number of carbonyl (C=O) groups excluding carboxylic acids is 1. The van der Waals surface area contributed by atoms with Gasteiger partial charge in [-0.25, -0.2) is 4.39 Å². The Hall–Kier alpha value is -2.58. The third kappa shape index (κ3) is 5.97. The van der Waals surface area contributed by atoms with E-state index in [-0.39, 0.29) is 23.6 Å². The average Bonchev–Trinajstić information content (AvgIpc) is 2.63.